The van der Waals surface area contributed by atoms with E-state index in [0.717, 1.165) is 98.3 Å². The molecule has 0 saturated carbocycles. The molecule has 2 rings (SSSR count). The van der Waals surface area contributed by atoms with Crippen LogP contribution in [-0.2, 0) is 22.4 Å². The fourth-order valence-electron chi connectivity index (χ4n) is 5.41. The predicted molar refractivity (Wildman–Crippen MR) is 223 cm³/mol. The molecule has 8 nitrogen and oxygen atoms in total. The van der Waals surface area contributed by atoms with Crippen molar-refractivity contribution >= 4 is 11.8 Å². The van der Waals surface area contributed by atoms with Crippen molar-refractivity contribution in [1.82, 2.24) is 10.6 Å². The summed E-state index contributed by atoms with van der Waals surface area (Å²) in [5.74, 6) is 3.48. The first-order chi connectivity index (χ1) is 25.3. The highest BCUT2D eigenvalue weighted by Gasteiger charge is 2.23. The highest BCUT2D eigenvalue weighted by atomic mass is 16.5. The van der Waals surface area contributed by atoms with Gasteiger partial charge in [0.15, 0.2) is 0 Å². The van der Waals surface area contributed by atoms with Gasteiger partial charge in [0.05, 0.1) is 0 Å². The van der Waals surface area contributed by atoms with Gasteiger partial charge in [0.1, 0.15) is 45.4 Å². The Morgan fingerprint density at radius 1 is 0.481 bits per heavy atom. The molecule has 0 aromatic heterocycles. The first kappa shape index (κ1) is 46.7. The summed E-state index contributed by atoms with van der Waals surface area (Å²) in [5, 5.41) is 6.10. The maximum atomic E-state index is 12.5. The lowest BCUT2D eigenvalue weighted by Gasteiger charge is -2.29. The van der Waals surface area contributed by atoms with Crippen molar-refractivity contribution in [3.63, 3.8) is 0 Å². The second-order valence-electron chi connectivity index (χ2n) is 17.2. The van der Waals surface area contributed by atoms with E-state index in [2.05, 4.69) is 106 Å². The number of hydrogen-bond donors (Lipinski definition) is 2. The minimum absolute atomic E-state index is 0.0449. The predicted octanol–water partition coefficient (Wildman–Crippen LogP) is 11.1. The molecule has 0 aliphatic carbocycles. The zero-order chi connectivity index (χ0) is 40.4. The molecule has 8 heteroatoms. The Labute approximate surface area is 329 Å². The van der Waals surface area contributed by atoms with Gasteiger partial charge in [-0.05, 0) is 156 Å². The van der Waals surface area contributed by atoms with Crippen molar-refractivity contribution in [1.29, 1.82) is 0 Å². The van der Waals surface area contributed by atoms with E-state index < -0.39 is 0 Å². The lowest BCUT2D eigenvalue weighted by Crippen LogP contribution is -2.28. The van der Waals surface area contributed by atoms with Gasteiger partial charge in [-0.15, -0.1) is 0 Å². The van der Waals surface area contributed by atoms with Crippen LogP contribution in [0.1, 0.15) is 171 Å². The number of carbonyl (C=O) groups is 2. The molecule has 2 aromatic rings. The number of nitrogens with one attached hydrogen (secondary N) is 2. The molecule has 0 aliphatic rings. The van der Waals surface area contributed by atoms with Gasteiger partial charge in [0, 0.05) is 38.1 Å². The number of benzene rings is 2. The zero-order valence-electron chi connectivity index (χ0n) is 36.2. The second kappa shape index (κ2) is 22.2. The molecular formula is C46H76N2O6. The largest absolute Gasteiger partial charge is 0.488 e. The molecule has 0 unspecified atom stereocenters. The van der Waals surface area contributed by atoms with Gasteiger partial charge in [0.2, 0.25) is 11.8 Å². The fraction of sp³-hybridized carbons (Fsp3) is 0.696. The van der Waals surface area contributed by atoms with Crippen molar-refractivity contribution in [3.8, 4) is 23.0 Å². The average Bonchev–Trinajstić information content (AvgIpc) is 3.11. The van der Waals surface area contributed by atoms with E-state index in [9.17, 15) is 9.59 Å². The van der Waals surface area contributed by atoms with Crippen LogP contribution in [0.25, 0.3) is 0 Å². The quantitative estimate of drug-likeness (QED) is 0.0882. The van der Waals surface area contributed by atoms with Gasteiger partial charge in [-0.3, -0.25) is 9.59 Å². The van der Waals surface area contributed by atoms with E-state index >= 15 is 0 Å². The standard InChI is InChI=1S/C46H76N2O6/c1-13-43(5,6)51-37-29-27-35(39(33-37)53-45(9,10)15-3)23-19-21-31-47-41(49)25-17-18-26-42(50)48-32-22-20-24-36-28-30-38(52-44(7,8)14-2)34-40(36)54-46(11,12)16-4/h27-30,33-34H,13-26,31-32H2,1-12H3,(H,47,49)(H,48,50). The second-order valence-corrected chi connectivity index (χ2v) is 17.2. The van der Waals surface area contributed by atoms with Gasteiger partial charge in [-0.25, -0.2) is 0 Å². The van der Waals surface area contributed by atoms with Gasteiger partial charge in [0.25, 0.3) is 0 Å². The van der Waals surface area contributed by atoms with E-state index in [1.165, 1.54) is 0 Å². The minimum atomic E-state index is -0.273. The van der Waals surface area contributed by atoms with Crippen molar-refractivity contribution in [2.45, 2.75) is 195 Å². The van der Waals surface area contributed by atoms with Gasteiger partial charge < -0.3 is 29.6 Å². The molecule has 2 amide bonds. The Hall–Kier alpha value is -3.42. The minimum Gasteiger partial charge on any atom is -0.488 e. The summed E-state index contributed by atoms with van der Waals surface area (Å²) in [6.45, 7) is 26.6. The lowest BCUT2D eigenvalue weighted by atomic mass is 10.0. The van der Waals surface area contributed by atoms with Crippen LogP contribution in [0.4, 0.5) is 0 Å². The van der Waals surface area contributed by atoms with E-state index in [1.807, 2.05) is 24.3 Å². The van der Waals surface area contributed by atoms with Crippen molar-refractivity contribution in [2.24, 2.45) is 0 Å². The summed E-state index contributed by atoms with van der Waals surface area (Å²) >= 11 is 0. The fourth-order valence-corrected chi connectivity index (χ4v) is 5.41. The lowest BCUT2D eigenvalue weighted by molar-refractivity contribution is -0.123. The Bertz CT molecular complexity index is 1320. The molecule has 2 aromatic carbocycles. The molecule has 0 saturated heterocycles. The summed E-state index contributed by atoms with van der Waals surface area (Å²) in [6.07, 6.45) is 11.3. The van der Waals surface area contributed by atoms with Crippen molar-refractivity contribution in [3.05, 3.63) is 47.5 Å². The zero-order valence-corrected chi connectivity index (χ0v) is 36.2. The van der Waals surface area contributed by atoms with Gasteiger partial charge in [-0.2, -0.15) is 0 Å². The van der Waals surface area contributed by atoms with Gasteiger partial charge >= 0.3 is 0 Å². The molecule has 306 valence electrons. The van der Waals surface area contributed by atoms with Crippen LogP contribution in [-0.4, -0.2) is 47.3 Å². The molecule has 54 heavy (non-hydrogen) atoms. The Kier molecular flexibility index (Phi) is 19.2. The number of hydrogen-bond acceptors (Lipinski definition) is 6. The smallest absolute Gasteiger partial charge is 0.219 e. The summed E-state index contributed by atoms with van der Waals surface area (Å²) < 4.78 is 25.3. The van der Waals surface area contributed by atoms with Gasteiger partial charge in [-0.1, -0.05) is 39.8 Å². The number of aryl methyl sites for hydroxylation is 2. The Morgan fingerprint density at radius 3 is 1.15 bits per heavy atom. The monoisotopic (exact) mass is 753 g/mol. The molecule has 0 atom stereocenters. The Balaban J connectivity index is 1.68. The highest BCUT2D eigenvalue weighted by molar-refractivity contribution is 5.77. The number of rotatable bonds is 27. The SMILES string of the molecule is CCC(C)(C)Oc1ccc(CCCCNC(=O)CCCCC(=O)NCCCCc2ccc(OC(C)(C)CC)cc2OC(C)(C)CC)c(OC(C)(C)CC)c1. The van der Waals surface area contributed by atoms with Crippen LogP contribution in [0.2, 0.25) is 0 Å². The van der Waals surface area contributed by atoms with E-state index in [0.29, 0.717) is 38.8 Å². The third kappa shape index (κ3) is 18.3. The van der Waals surface area contributed by atoms with E-state index in [-0.39, 0.29) is 34.2 Å². The molecule has 0 fully saturated rings. The molecule has 0 aliphatic heterocycles. The van der Waals surface area contributed by atoms with Crippen LogP contribution in [0, 0.1) is 0 Å². The molecule has 0 heterocycles. The average molecular weight is 753 g/mol. The molecule has 0 bridgehead atoms. The molecule has 0 radical (unpaired) electrons. The van der Waals surface area contributed by atoms with Crippen LogP contribution in [0.3, 0.4) is 0 Å². The van der Waals surface area contributed by atoms with Crippen LogP contribution in [0.5, 0.6) is 23.0 Å². The summed E-state index contributed by atoms with van der Waals surface area (Å²) in [7, 11) is 0. The number of amides is 2. The normalized spacial score (nSPS) is 12.3. The number of ether oxygens (including phenoxy) is 4. The molecule has 0 spiro atoms. The summed E-state index contributed by atoms with van der Waals surface area (Å²) in [6, 6.07) is 12.3. The topological polar surface area (TPSA) is 95.1 Å². The first-order valence-corrected chi connectivity index (χ1v) is 20.9. The van der Waals surface area contributed by atoms with E-state index in [1.54, 1.807) is 0 Å². The summed E-state index contributed by atoms with van der Waals surface area (Å²) in [5.41, 5.74) is 1.29. The third-order valence-electron chi connectivity index (χ3n) is 10.5. The van der Waals surface area contributed by atoms with Crippen LogP contribution in [0.15, 0.2) is 36.4 Å². The maximum absolute atomic E-state index is 12.5. The van der Waals surface area contributed by atoms with E-state index in [4.69, 9.17) is 18.9 Å². The number of unbranched alkanes of at least 4 members (excludes halogenated alkanes) is 3. The van der Waals surface area contributed by atoms with Crippen molar-refractivity contribution < 1.29 is 28.5 Å². The van der Waals surface area contributed by atoms with Crippen LogP contribution >= 0.6 is 0 Å². The maximum Gasteiger partial charge on any atom is 0.219 e. The third-order valence-corrected chi connectivity index (χ3v) is 10.5. The van der Waals surface area contributed by atoms with Crippen LogP contribution < -0.4 is 29.6 Å². The number of carbonyl (C=O) groups excluding carboxylic acids is 2. The molecule has 2 N–H and O–H groups in total. The first-order valence-electron chi connectivity index (χ1n) is 20.9. The highest BCUT2D eigenvalue weighted by Crippen LogP contribution is 2.34. The Morgan fingerprint density at radius 2 is 0.815 bits per heavy atom. The van der Waals surface area contributed by atoms with Crippen molar-refractivity contribution in [2.75, 3.05) is 13.1 Å². The summed E-state index contributed by atoms with van der Waals surface area (Å²) in [4.78, 5) is 24.9. The molecular weight excluding hydrogens is 677 g/mol.